The van der Waals surface area contributed by atoms with Gasteiger partial charge in [-0.2, -0.15) is 0 Å². The average molecular weight is 276 g/mol. The van der Waals surface area contributed by atoms with Crippen molar-refractivity contribution in [3.8, 4) is 0 Å². The summed E-state index contributed by atoms with van der Waals surface area (Å²) in [5.74, 6) is 0. The smallest absolute Gasteiger partial charge is 0.0701 e. The van der Waals surface area contributed by atoms with E-state index in [4.69, 9.17) is 4.74 Å². The van der Waals surface area contributed by atoms with Crippen LogP contribution in [0.1, 0.15) is 12.5 Å². The monoisotopic (exact) mass is 275 g/mol. The Kier molecular flexibility index (Phi) is 3.60. The quantitative estimate of drug-likeness (QED) is 0.823. The summed E-state index contributed by atoms with van der Waals surface area (Å²) in [7, 11) is 0. The molecule has 0 N–H and O–H groups in total. The highest BCUT2D eigenvalue weighted by molar-refractivity contribution is 9.11. The molecular weight excluding hydrogens is 262 g/mol. The van der Waals surface area contributed by atoms with E-state index in [-0.39, 0.29) is 0 Å². The summed E-state index contributed by atoms with van der Waals surface area (Å²) in [5, 5.41) is 2.21. The van der Waals surface area contributed by atoms with Crippen LogP contribution >= 0.6 is 27.3 Å². The molecule has 1 atom stereocenters. The fourth-order valence-electron chi connectivity index (χ4n) is 1.72. The number of thiophene rings is 1. The molecule has 2 rings (SSSR count). The second-order valence-corrected chi connectivity index (χ2v) is 5.97. The summed E-state index contributed by atoms with van der Waals surface area (Å²) < 4.78 is 6.72. The number of ether oxygens (including phenoxy) is 1. The molecule has 1 saturated heterocycles. The first-order valence-corrected chi connectivity index (χ1v) is 6.48. The SMILES string of the molecule is C[C@@H]1CN(Cc2csc(Br)c2)CCO1. The molecule has 1 aromatic rings. The van der Waals surface area contributed by atoms with Gasteiger partial charge in [-0.1, -0.05) is 0 Å². The molecule has 0 radical (unpaired) electrons. The van der Waals surface area contributed by atoms with Crippen LogP contribution in [0.25, 0.3) is 0 Å². The molecule has 2 nitrogen and oxygen atoms in total. The van der Waals surface area contributed by atoms with Gasteiger partial charge in [0, 0.05) is 19.6 Å². The minimum atomic E-state index is 0.380. The zero-order valence-electron chi connectivity index (χ0n) is 8.20. The Morgan fingerprint density at radius 1 is 1.71 bits per heavy atom. The van der Waals surface area contributed by atoms with Crippen molar-refractivity contribution in [2.24, 2.45) is 0 Å². The maximum atomic E-state index is 5.50. The van der Waals surface area contributed by atoms with Crippen LogP contribution in [0.2, 0.25) is 0 Å². The molecule has 1 fully saturated rings. The Bertz CT molecular complexity index is 302. The van der Waals surface area contributed by atoms with Gasteiger partial charge in [0.2, 0.25) is 0 Å². The number of rotatable bonds is 2. The summed E-state index contributed by atoms with van der Waals surface area (Å²) in [6.45, 7) is 6.16. The van der Waals surface area contributed by atoms with Crippen LogP contribution in [-0.4, -0.2) is 30.7 Å². The van der Waals surface area contributed by atoms with E-state index in [1.165, 1.54) is 9.35 Å². The highest BCUT2D eigenvalue weighted by Gasteiger charge is 2.16. The zero-order chi connectivity index (χ0) is 9.97. The molecular formula is C10H14BrNOS. The van der Waals surface area contributed by atoms with E-state index in [1.54, 1.807) is 11.3 Å². The van der Waals surface area contributed by atoms with E-state index in [1.807, 2.05) is 0 Å². The number of halogens is 1. The van der Waals surface area contributed by atoms with E-state index in [9.17, 15) is 0 Å². The highest BCUT2D eigenvalue weighted by Crippen LogP contribution is 2.22. The van der Waals surface area contributed by atoms with Crippen LogP contribution in [0.4, 0.5) is 0 Å². The van der Waals surface area contributed by atoms with Crippen molar-refractivity contribution in [1.82, 2.24) is 4.90 Å². The van der Waals surface area contributed by atoms with Gasteiger partial charge in [0.25, 0.3) is 0 Å². The van der Waals surface area contributed by atoms with Gasteiger partial charge in [-0.25, -0.2) is 0 Å². The first-order chi connectivity index (χ1) is 6.74. The maximum Gasteiger partial charge on any atom is 0.0701 e. The van der Waals surface area contributed by atoms with E-state index in [2.05, 4.69) is 39.2 Å². The van der Waals surface area contributed by atoms with Crippen LogP contribution < -0.4 is 0 Å². The summed E-state index contributed by atoms with van der Waals surface area (Å²) in [6, 6.07) is 2.20. The first-order valence-electron chi connectivity index (χ1n) is 4.81. The Balaban J connectivity index is 1.90. The fraction of sp³-hybridized carbons (Fsp3) is 0.600. The van der Waals surface area contributed by atoms with Crippen molar-refractivity contribution < 1.29 is 4.74 Å². The molecule has 0 saturated carbocycles. The Labute approximate surface area is 97.0 Å². The van der Waals surface area contributed by atoms with Crippen LogP contribution in [0, 0.1) is 0 Å². The van der Waals surface area contributed by atoms with Crippen molar-refractivity contribution in [1.29, 1.82) is 0 Å². The average Bonchev–Trinajstić information content (AvgIpc) is 2.51. The number of morpholine rings is 1. The Hall–Kier alpha value is 0.1000. The van der Waals surface area contributed by atoms with Crippen molar-refractivity contribution in [3.63, 3.8) is 0 Å². The molecule has 14 heavy (non-hydrogen) atoms. The van der Waals surface area contributed by atoms with Gasteiger partial charge >= 0.3 is 0 Å². The van der Waals surface area contributed by atoms with Crippen molar-refractivity contribution in [2.45, 2.75) is 19.6 Å². The molecule has 0 aliphatic carbocycles. The molecule has 0 unspecified atom stereocenters. The predicted molar refractivity (Wildman–Crippen MR) is 62.7 cm³/mol. The lowest BCUT2D eigenvalue weighted by Crippen LogP contribution is -2.40. The van der Waals surface area contributed by atoms with E-state index >= 15 is 0 Å². The van der Waals surface area contributed by atoms with Crippen LogP contribution in [0.3, 0.4) is 0 Å². The minimum Gasteiger partial charge on any atom is -0.376 e. The topological polar surface area (TPSA) is 12.5 Å². The molecule has 4 heteroatoms. The molecule has 1 aliphatic heterocycles. The molecule has 78 valence electrons. The summed E-state index contributed by atoms with van der Waals surface area (Å²) in [6.07, 6.45) is 0.380. The van der Waals surface area contributed by atoms with E-state index < -0.39 is 0 Å². The lowest BCUT2D eigenvalue weighted by molar-refractivity contribution is -0.0211. The third-order valence-electron chi connectivity index (χ3n) is 2.35. The van der Waals surface area contributed by atoms with Gasteiger partial charge in [-0.3, -0.25) is 4.90 Å². The molecule has 0 aromatic carbocycles. The molecule has 0 spiro atoms. The fourth-order valence-corrected chi connectivity index (χ4v) is 2.92. The molecule has 1 aliphatic rings. The second kappa shape index (κ2) is 4.75. The van der Waals surface area contributed by atoms with Gasteiger partial charge in [-0.05, 0) is 39.9 Å². The lowest BCUT2D eigenvalue weighted by atomic mass is 10.2. The molecule has 2 heterocycles. The maximum absolute atomic E-state index is 5.50. The van der Waals surface area contributed by atoms with Gasteiger partial charge in [-0.15, -0.1) is 11.3 Å². The van der Waals surface area contributed by atoms with Crippen LogP contribution in [0.5, 0.6) is 0 Å². The number of hydrogen-bond donors (Lipinski definition) is 0. The summed E-state index contributed by atoms with van der Waals surface area (Å²) >= 11 is 5.24. The number of hydrogen-bond acceptors (Lipinski definition) is 3. The van der Waals surface area contributed by atoms with Crippen molar-refractivity contribution in [2.75, 3.05) is 19.7 Å². The first kappa shape index (κ1) is 10.6. The lowest BCUT2D eigenvalue weighted by Gasteiger charge is -2.30. The molecule has 0 bridgehead atoms. The largest absolute Gasteiger partial charge is 0.376 e. The third-order valence-corrected chi connectivity index (χ3v) is 3.91. The zero-order valence-corrected chi connectivity index (χ0v) is 10.6. The summed E-state index contributed by atoms with van der Waals surface area (Å²) in [4.78, 5) is 2.45. The van der Waals surface area contributed by atoms with Crippen molar-refractivity contribution >= 4 is 27.3 Å². The van der Waals surface area contributed by atoms with Crippen LogP contribution in [-0.2, 0) is 11.3 Å². The Morgan fingerprint density at radius 3 is 3.21 bits per heavy atom. The van der Waals surface area contributed by atoms with E-state index in [0.29, 0.717) is 6.10 Å². The molecule has 1 aromatic heterocycles. The van der Waals surface area contributed by atoms with Gasteiger partial charge in [0.15, 0.2) is 0 Å². The standard InChI is InChI=1S/C10H14BrNOS/c1-8-5-12(2-3-13-8)6-9-4-10(11)14-7-9/h4,7-8H,2-3,5-6H2,1H3/t8-/m1/s1. The highest BCUT2D eigenvalue weighted by atomic mass is 79.9. The van der Waals surface area contributed by atoms with Gasteiger partial charge < -0.3 is 4.74 Å². The third kappa shape index (κ3) is 2.79. The minimum absolute atomic E-state index is 0.380. The van der Waals surface area contributed by atoms with Gasteiger partial charge in [0.1, 0.15) is 0 Å². The predicted octanol–water partition coefficient (Wildman–Crippen LogP) is 2.73. The van der Waals surface area contributed by atoms with Crippen LogP contribution in [0.15, 0.2) is 15.2 Å². The van der Waals surface area contributed by atoms with Gasteiger partial charge in [0.05, 0.1) is 16.5 Å². The molecule has 0 amide bonds. The summed E-state index contributed by atoms with van der Waals surface area (Å²) in [5.41, 5.74) is 1.40. The Morgan fingerprint density at radius 2 is 2.57 bits per heavy atom. The van der Waals surface area contributed by atoms with E-state index in [0.717, 1.165) is 26.2 Å². The second-order valence-electron chi connectivity index (χ2n) is 3.68. The van der Waals surface area contributed by atoms with Crippen molar-refractivity contribution in [3.05, 3.63) is 20.8 Å². The normalized spacial score (nSPS) is 24.0. The number of nitrogens with zero attached hydrogens (tertiary/aromatic N) is 1.